The maximum Gasteiger partial charge on any atom is 0.139 e. The zero-order chi connectivity index (χ0) is 6.57. The van der Waals surface area contributed by atoms with Crippen LogP contribution in [-0.4, -0.2) is 12.3 Å². The molecule has 0 aromatic heterocycles. The van der Waals surface area contributed by atoms with Crippen LogP contribution in [0, 0.1) is 5.92 Å². The highest BCUT2D eigenvalue weighted by molar-refractivity contribution is 5.57. The van der Waals surface area contributed by atoms with Crippen LogP contribution in [0.2, 0.25) is 0 Å². The van der Waals surface area contributed by atoms with Gasteiger partial charge in [0.2, 0.25) is 0 Å². The highest BCUT2D eigenvalue weighted by Crippen LogP contribution is 1.96. The summed E-state index contributed by atoms with van der Waals surface area (Å²) in [5.74, 6) is 0.0255. The summed E-state index contributed by atoms with van der Waals surface area (Å²) in [6.07, 6.45) is 0.560. The summed E-state index contributed by atoms with van der Waals surface area (Å²) in [5.41, 5.74) is 1.38. The van der Waals surface area contributed by atoms with Gasteiger partial charge in [0.05, 0.1) is 6.04 Å². The smallest absolute Gasteiger partial charge is 0.139 e. The van der Waals surface area contributed by atoms with Crippen LogP contribution in [0.3, 0.4) is 0 Å². The van der Waals surface area contributed by atoms with Crippen LogP contribution in [0.25, 0.3) is 0 Å². The van der Waals surface area contributed by atoms with Gasteiger partial charge in [-0.2, -0.15) is 0 Å². The van der Waals surface area contributed by atoms with Crippen LogP contribution in [0.4, 0.5) is 4.48 Å². The van der Waals surface area contributed by atoms with E-state index in [-0.39, 0.29) is 5.92 Å². The molecule has 48 valence electrons. The first-order valence-corrected chi connectivity index (χ1v) is 2.53. The molecule has 0 aromatic carbocycles. The zero-order valence-corrected chi connectivity index (χ0v) is 5.02. The Bertz CT molecular complexity index is 74.8. The van der Waals surface area contributed by atoms with Crippen molar-refractivity contribution < 1.29 is 9.28 Å². The molecular formula is C5H10FNO. The second-order valence-corrected chi connectivity index (χ2v) is 2.01. The minimum atomic E-state index is -0.644. The SMILES string of the molecule is CC(C)C(C=O)NF. The Morgan fingerprint density at radius 3 is 2.12 bits per heavy atom. The van der Waals surface area contributed by atoms with E-state index in [0.717, 1.165) is 0 Å². The summed E-state index contributed by atoms with van der Waals surface area (Å²) in [5, 5.41) is 0. The normalized spacial score (nSPS) is 14.0. The van der Waals surface area contributed by atoms with E-state index in [1.807, 2.05) is 0 Å². The second kappa shape index (κ2) is 3.55. The molecule has 1 unspecified atom stereocenters. The van der Waals surface area contributed by atoms with Crippen LogP contribution in [0.15, 0.2) is 0 Å². The average molecular weight is 119 g/mol. The van der Waals surface area contributed by atoms with Crippen LogP contribution in [0.1, 0.15) is 13.8 Å². The number of carbonyl (C=O) groups is 1. The van der Waals surface area contributed by atoms with E-state index >= 15 is 0 Å². The molecule has 0 bridgehead atoms. The molecule has 0 aromatic rings. The van der Waals surface area contributed by atoms with Crippen LogP contribution in [-0.2, 0) is 4.79 Å². The molecule has 0 aliphatic rings. The average Bonchev–Trinajstić information content (AvgIpc) is 1.69. The molecule has 0 saturated heterocycles. The van der Waals surface area contributed by atoms with Gasteiger partial charge in [-0.05, 0) is 5.92 Å². The minimum Gasteiger partial charge on any atom is -0.302 e. The maximum absolute atomic E-state index is 11.4. The third kappa shape index (κ3) is 2.02. The molecule has 0 saturated carbocycles. The van der Waals surface area contributed by atoms with Crippen molar-refractivity contribution in [3.05, 3.63) is 0 Å². The Hall–Kier alpha value is -0.440. The molecule has 8 heavy (non-hydrogen) atoms. The van der Waals surface area contributed by atoms with E-state index in [1.165, 1.54) is 5.54 Å². The monoisotopic (exact) mass is 119 g/mol. The first kappa shape index (κ1) is 7.56. The number of hydrogen-bond donors (Lipinski definition) is 1. The van der Waals surface area contributed by atoms with Crippen molar-refractivity contribution in [3.63, 3.8) is 0 Å². The molecule has 0 aliphatic heterocycles. The molecule has 0 rings (SSSR count). The van der Waals surface area contributed by atoms with Gasteiger partial charge < -0.3 is 4.79 Å². The number of rotatable bonds is 3. The Labute approximate surface area is 48.0 Å². The van der Waals surface area contributed by atoms with E-state index in [9.17, 15) is 9.28 Å². The largest absolute Gasteiger partial charge is 0.302 e. The van der Waals surface area contributed by atoms with Crippen molar-refractivity contribution in [2.75, 3.05) is 0 Å². The van der Waals surface area contributed by atoms with Crippen molar-refractivity contribution in [2.24, 2.45) is 5.92 Å². The maximum atomic E-state index is 11.4. The van der Waals surface area contributed by atoms with Gasteiger partial charge >= 0.3 is 0 Å². The highest BCUT2D eigenvalue weighted by Gasteiger charge is 2.09. The van der Waals surface area contributed by atoms with E-state index in [1.54, 1.807) is 13.8 Å². The molecule has 3 heteroatoms. The lowest BCUT2D eigenvalue weighted by molar-refractivity contribution is -0.111. The molecule has 2 nitrogen and oxygen atoms in total. The van der Waals surface area contributed by atoms with Gasteiger partial charge in [0.15, 0.2) is 0 Å². The summed E-state index contributed by atoms with van der Waals surface area (Å²) >= 11 is 0. The molecule has 0 fully saturated rings. The Morgan fingerprint density at radius 2 is 2.12 bits per heavy atom. The van der Waals surface area contributed by atoms with Gasteiger partial charge in [-0.15, -0.1) is 10.0 Å². The van der Waals surface area contributed by atoms with Gasteiger partial charge in [-0.25, -0.2) is 0 Å². The zero-order valence-electron chi connectivity index (χ0n) is 5.02. The van der Waals surface area contributed by atoms with E-state index in [0.29, 0.717) is 6.29 Å². The fraction of sp³-hybridized carbons (Fsp3) is 0.800. The van der Waals surface area contributed by atoms with Crippen molar-refractivity contribution >= 4 is 6.29 Å². The molecule has 0 amide bonds. The molecule has 1 atom stereocenters. The first-order valence-electron chi connectivity index (χ1n) is 2.53. The first-order chi connectivity index (χ1) is 3.72. The van der Waals surface area contributed by atoms with Crippen LogP contribution in [0.5, 0.6) is 0 Å². The van der Waals surface area contributed by atoms with E-state index in [2.05, 4.69) is 0 Å². The molecule has 1 N–H and O–H groups in total. The van der Waals surface area contributed by atoms with Crippen molar-refractivity contribution in [1.29, 1.82) is 0 Å². The predicted molar refractivity (Wildman–Crippen MR) is 28.9 cm³/mol. The highest BCUT2D eigenvalue weighted by atomic mass is 19.2. The van der Waals surface area contributed by atoms with E-state index < -0.39 is 6.04 Å². The minimum absolute atomic E-state index is 0.0255. The number of halogens is 1. The summed E-state index contributed by atoms with van der Waals surface area (Å²) in [7, 11) is 0. The molecule has 0 aliphatic carbocycles. The lowest BCUT2D eigenvalue weighted by Gasteiger charge is -2.07. The van der Waals surface area contributed by atoms with Crippen LogP contribution >= 0.6 is 0 Å². The fourth-order valence-corrected chi connectivity index (χ4v) is 0.309. The quantitative estimate of drug-likeness (QED) is 0.437. The number of nitrogens with one attached hydrogen (secondary N) is 1. The third-order valence-electron chi connectivity index (χ3n) is 0.991. The summed E-state index contributed by atoms with van der Waals surface area (Å²) < 4.78 is 11.4. The standard InChI is InChI=1S/C5H10FNO/c1-4(2)5(3-8)7-6/h3-5,7H,1-2H3. The molecular weight excluding hydrogens is 109 g/mol. The predicted octanol–water partition coefficient (Wildman–Crippen LogP) is 0.684. The number of carbonyl (C=O) groups excluding carboxylic acids is 1. The molecule has 0 radical (unpaired) electrons. The van der Waals surface area contributed by atoms with Crippen molar-refractivity contribution in [3.8, 4) is 0 Å². The lowest BCUT2D eigenvalue weighted by atomic mass is 10.1. The lowest BCUT2D eigenvalue weighted by Crippen LogP contribution is -2.28. The van der Waals surface area contributed by atoms with E-state index in [4.69, 9.17) is 0 Å². The van der Waals surface area contributed by atoms with Gasteiger partial charge in [0, 0.05) is 0 Å². The van der Waals surface area contributed by atoms with Crippen molar-refractivity contribution in [1.82, 2.24) is 5.54 Å². The molecule has 0 heterocycles. The summed E-state index contributed by atoms with van der Waals surface area (Å²) in [4.78, 5) is 9.88. The van der Waals surface area contributed by atoms with Gasteiger partial charge in [0.1, 0.15) is 6.29 Å². The third-order valence-corrected chi connectivity index (χ3v) is 0.991. The number of hydrogen-bond acceptors (Lipinski definition) is 2. The molecule has 0 spiro atoms. The van der Waals surface area contributed by atoms with Crippen LogP contribution < -0.4 is 5.54 Å². The Morgan fingerprint density at radius 1 is 1.62 bits per heavy atom. The fourth-order valence-electron chi connectivity index (χ4n) is 0.309. The summed E-state index contributed by atoms with van der Waals surface area (Å²) in [6, 6.07) is -0.644. The summed E-state index contributed by atoms with van der Waals surface area (Å²) in [6.45, 7) is 3.54. The van der Waals surface area contributed by atoms with Crippen molar-refractivity contribution in [2.45, 2.75) is 19.9 Å². The van der Waals surface area contributed by atoms with Gasteiger partial charge in [0.25, 0.3) is 0 Å². The Kier molecular flexibility index (Phi) is 3.35. The van der Waals surface area contributed by atoms with Gasteiger partial charge in [-0.1, -0.05) is 13.8 Å². The number of aldehydes is 1. The Balaban J connectivity index is 3.51. The topological polar surface area (TPSA) is 29.1 Å². The second-order valence-electron chi connectivity index (χ2n) is 2.01. The van der Waals surface area contributed by atoms with Gasteiger partial charge in [-0.3, -0.25) is 0 Å².